The highest BCUT2D eigenvalue weighted by atomic mass is 16.7. The highest BCUT2D eigenvalue weighted by Gasteiger charge is 2.17. The summed E-state index contributed by atoms with van der Waals surface area (Å²) < 4.78 is 0. The van der Waals surface area contributed by atoms with Crippen molar-refractivity contribution in [2.45, 2.75) is 0 Å². The minimum Gasteiger partial charge on any atom is -0.339 e. The Kier molecular flexibility index (Phi) is 1.48. The predicted octanol–water partition coefficient (Wildman–Crippen LogP) is -0.897. The summed E-state index contributed by atoms with van der Waals surface area (Å²) >= 11 is 0. The van der Waals surface area contributed by atoms with Crippen LogP contribution in [0.25, 0.3) is 11.5 Å². The van der Waals surface area contributed by atoms with Crippen LogP contribution in [0.15, 0.2) is 12.3 Å². The largest absolute Gasteiger partial charge is 0.339 e. The van der Waals surface area contributed by atoms with E-state index in [9.17, 15) is 10.1 Å². The molecule has 2 heterocycles. The lowest BCUT2D eigenvalue weighted by atomic mass is 10.4. The summed E-state index contributed by atoms with van der Waals surface area (Å²) in [5, 5.41) is 25.6. The van der Waals surface area contributed by atoms with Crippen molar-refractivity contribution in [3.63, 3.8) is 0 Å². The molecular formula is C4H3N7O2. The van der Waals surface area contributed by atoms with Gasteiger partial charge in [-0.05, 0) is 6.07 Å². The summed E-state index contributed by atoms with van der Waals surface area (Å²) in [5.74, 6) is 0.0162. The Hall–Kier alpha value is -2.32. The zero-order valence-corrected chi connectivity index (χ0v) is 6.15. The minimum absolute atomic E-state index is 0.0162. The summed E-state index contributed by atoms with van der Waals surface area (Å²) in [5.41, 5.74) is 0.390. The molecule has 0 aromatic carbocycles. The van der Waals surface area contributed by atoms with Crippen LogP contribution in [0.4, 0.5) is 0 Å². The maximum absolute atomic E-state index is 10.4. The number of aromatic amines is 1. The minimum atomic E-state index is -0.726. The fourth-order valence-electron chi connectivity index (χ4n) is 0.835. The van der Waals surface area contributed by atoms with Crippen molar-refractivity contribution < 1.29 is 5.03 Å². The van der Waals surface area contributed by atoms with Crippen molar-refractivity contribution in [1.29, 1.82) is 0 Å². The monoisotopic (exact) mass is 181 g/mol. The fraction of sp³-hybridized carbons (Fsp3) is 0. The van der Waals surface area contributed by atoms with E-state index in [0.717, 1.165) is 0 Å². The van der Waals surface area contributed by atoms with Gasteiger partial charge in [-0.25, -0.2) is 0 Å². The van der Waals surface area contributed by atoms with Crippen molar-refractivity contribution in [3.05, 3.63) is 22.4 Å². The van der Waals surface area contributed by atoms with Crippen molar-refractivity contribution >= 4 is 0 Å². The molecule has 66 valence electrons. The Morgan fingerprint density at radius 3 is 3.08 bits per heavy atom. The number of nitrogens with one attached hydrogen (secondary N) is 1. The molecule has 9 heteroatoms. The van der Waals surface area contributed by atoms with E-state index in [1.807, 2.05) is 0 Å². The Balaban J connectivity index is 2.52. The van der Waals surface area contributed by atoms with Crippen molar-refractivity contribution in [2.75, 3.05) is 0 Å². The number of tetrazole rings is 1. The molecule has 2 aromatic heterocycles. The van der Waals surface area contributed by atoms with Gasteiger partial charge in [0.1, 0.15) is 10.9 Å². The summed E-state index contributed by atoms with van der Waals surface area (Å²) in [7, 11) is 0. The van der Waals surface area contributed by atoms with Gasteiger partial charge in [-0.1, -0.05) is 5.10 Å². The van der Waals surface area contributed by atoms with Crippen LogP contribution in [0.3, 0.4) is 0 Å². The normalized spacial score (nSPS) is 10.2. The first-order chi connectivity index (χ1) is 6.29. The third-order valence-corrected chi connectivity index (χ3v) is 1.35. The van der Waals surface area contributed by atoms with Crippen LogP contribution in [0, 0.1) is 10.1 Å². The van der Waals surface area contributed by atoms with Crippen LogP contribution >= 0.6 is 0 Å². The van der Waals surface area contributed by atoms with E-state index in [-0.39, 0.29) is 5.82 Å². The van der Waals surface area contributed by atoms with Gasteiger partial charge in [0.2, 0.25) is 5.21 Å². The Morgan fingerprint density at radius 1 is 1.62 bits per heavy atom. The Labute approximate surface area is 70.5 Å². The van der Waals surface area contributed by atoms with E-state index in [4.69, 9.17) is 0 Å². The van der Waals surface area contributed by atoms with Crippen LogP contribution in [0.2, 0.25) is 0 Å². The predicted molar refractivity (Wildman–Crippen MR) is 37.8 cm³/mol. The van der Waals surface area contributed by atoms with Gasteiger partial charge in [-0.2, -0.15) is 5.10 Å². The van der Waals surface area contributed by atoms with Gasteiger partial charge in [-0.3, -0.25) is 5.10 Å². The van der Waals surface area contributed by atoms with Gasteiger partial charge in [0.25, 0.3) is 5.82 Å². The average Bonchev–Trinajstić information content (AvgIpc) is 2.74. The van der Waals surface area contributed by atoms with Crippen molar-refractivity contribution in [3.8, 4) is 11.5 Å². The molecule has 0 fully saturated rings. The van der Waals surface area contributed by atoms with E-state index in [1.54, 1.807) is 0 Å². The van der Waals surface area contributed by atoms with E-state index in [1.165, 1.54) is 12.3 Å². The Morgan fingerprint density at radius 2 is 2.46 bits per heavy atom. The number of hydrogen-bond donors (Lipinski definition) is 1. The SMILES string of the molecule is O=[N+]([O-])n1nnnc1-c1ccn[nH]1. The van der Waals surface area contributed by atoms with Gasteiger partial charge in [0, 0.05) is 6.20 Å². The van der Waals surface area contributed by atoms with Crippen molar-refractivity contribution in [2.24, 2.45) is 0 Å². The molecule has 0 unspecified atom stereocenters. The molecular weight excluding hydrogens is 178 g/mol. The van der Waals surface area contributed by atoms with E-state index < -0.39 is 5.03 Å². The molecule has 0 bridgehead atoms. The molecule has 0 saturated carbocycles. The zero-order valence-electron chi connectivity index (χ0n) is 6.15. The summed E-state index contributed by atoms with van der Waals surface area (Å²) in [6.45, 7) is 0. The van der Waals surface area contributed by atoms with E-state index in [2.05, 4.69) is 25.7 Å². The third-order valence-electron chi connectivity index (χ3n) is 1.35. The summed E-state index contributed by atoms with van der Waals surface area (Å²) in [6, 6.07) is 1.53. The first-order valence-electron chi connectivity index (χ1n) is 3.22. The van der Waals surface area contributed by atoms with Crippen molar-refractivity contribution in [1.82, 2.24) is 30.5 Å². The lowest BCUT2D eigenvalue weighted by Gasteiger charge is -1.91. The molecule has 0 saturated heterocycles. The molecule has 0 aliphatic heterocycles. The third kappa shape index (κ3) is 1.11. The van der Waals surface area contributed by atoms with Gasteiger partial charge in [0.15, 0.2) is 0 Å². The second-order valence-electron chi connectivity index (χ2n) is 2.10. The number of nitrogens with zero attached hydrogens (tertiary/aromatic N) is 6. The highest BCUT2D eigenvalue weighted by Crippen LogP contribution is 2.09. The molecule has 0 aliphatic rings. The first-order valence-corrected chi connectivity index (χ1v) is 3.22. The maximum Gasteiger partial charge on any atom is 0.273 e. The lowest BCUT2D eigenvalue weighted by molar-refractivity contribution is -0.551. The van der Waals surface area contributed by atoms with Crippen LogP contribution in [-0.4, -0.2) is 35.5 Å². The number of H-pyrrole nitrogens is 1. The van der Waals surface area contributed by atoms with Crippen LogP contribution in [0.5, 0.6) is 0 Å². The number of hydrogen-bond acceptors (Lipinski definition) is 6. The van der Waals surface area contributed by atoms with Gasteiger partial charge >= 0.3 is 0 Å². The molecule has 1 N–H and O–H groups in total. The van der Waals surface area contributed by atoms with E-state index >= 15 is 0 Å². The molecule has 0 amide bonds. The lowest BCUT2D eigenvalue weighted by Crippen LogP contribution is -2.12. The molecule has 13 heavy (non-hydrogen) atoms. The maximum atomic E-state index is 10.4. The fourth-order valence-corrected chi connectivity index (χ4v) is 0.835. The number of aromatic nitrogens is 6. The van der Waals surface area contributed by atoms with Gasteiger partial charge in [0.05, 0.1) is 9.82 Å². The molecule has 0 atom stereocenters. The van der Waals surface area contributed by atoms with Gasteiger partial charge < -0.3 is 10.1 Å². The van der Waals surface area contributed by atoms with Crippen LogP contribution in [-0.2, 0) is 0 Å². The molecule has 0 spiro atoms. The average molecular weight is 181 g/mol. The zero-order chi connectivity index (χ0) is 9.26. The molecule has 0 aliphatic carbocycles. The van der Waals surface area contributed by atoms with Gasteiger partial charge in [-0.15, -0.1) is 0 Å². The first kappa shape index (κ1) is 7.34. The topological polar surface area (TPSA) is 115 Å². The highest BCUT2D eigenvalue weighted by molar-refractivity contribution is 5.46. The Bertz CT molecular complexity index is 417. The molecule has 2 rings (SSSR count). The molecule has 9 nitrogen and oxygen atoms in total. The standard InChI is InChI=1S/C4H3N7O2/c12-11(13)10-4(7-8-9-10)3-1-2-5-6-3/h1-2H,(H,5,6). The number of nitro groups is 1. The second-order valence-corrected chi connectivity index (χ2v) is 2.10. The summed E-state index contributed by atoms with van der Waals surface area (Å²) in [6.07, 6.45) is 1.45. The second kappa shape index (κ2) is 2.62. The molecule has 2 aromatic rings. The van der Waals surface area contributed by atoms with E-state index in [0.29, 0.717) is 10.5 Å². The summed E-state index contributed by atoms with van der Waals surface area (Å²) in [4.78, 5) is 10.8. The van der Waals surface area contributed by atoms with Crippen LogP contribution in [0.1, 0.15) is 0 Å². The number of rotatable bonds is 2. The quantitative estimate of drug-likeness (QED) is 0.474. The smallest absolute Gasteiger partial charge is 0.273 e. The molecule has 0 radical (unpaired) electrons. The van der Waals surface area contributed by atoms with Crippen LogP contribution < -0.4 is 0 Å².